The zero-order chi connectivity index (χ0) is 32.5. The first-order chi connectivity index (χ1) is 22.2. The molecule has 3 atom stereocenters. The van der Waals surface area contributed by atoms with E-state index in [9.17, 15) is 28.8 Å². The number of nitrogens with zero attached hydrogens (tertiary/aromatic N) is 2. The fourth-order valence-electron chi connectivity index (χ4n) is 5.49. The van der Waals surface area contributed by atoms with E-state index < -0.39 is 46.7 Å². The molecule has 0 radical (unpaired) electrons. The van der Waals surface area contributed by atoms with Crippen LogP contribution in [0.4, 0.5) is 11.4 Å². The van der Waals surface area contributed by atoms with E-state index in [-0.39, 0.29) is 24.6 Å². The van der Waals surface area contributed by atoms with E-state index in [4.69, 9.17) is 9.47 Å². The van der Waals surface area contributed by atoms with Crippen molar-refractivity contribution in [3.05, 3.63) is 96.6 Å². The number of nitrogens with one attached hydrogen (secondary N) is 1. The van der Waals surface area contributed by atoms with Crippen LogP contribution in [0.15, 0.2) is 75.9 Å². The van der Waals surface area contributed by atoms with E-state index >= 15 is 0 Å². The maximum atomic E-state index is 14.0. The van der Waals surface area contributed by atoms with Gasteiger partial charge in [-0.2, -0.15) is 0 Å². The molecule has 2 aromatic carbocycles. The largest absolute Gasteiger partial charge is 0.462 e. The lowest BCUT2D eigenvalue weighted by atomic mass is 9.87. The second-order valence-electron chi connectivity index (χ2n) is 10.3. The number of thioether (sulfide) groups is 1. The number of ether oxygens (including phenoxy) is 2. The Morgan fingerprint density at radius 3 is 2.07 bits per heavy atom. The molecule has 6 rings (SSSR count). The first-order valence-corrected chi connectivity index (χ1v) is 16.9. The summed E-state index contributed by atoms with van der Waals surface area (Å²) in [5.74, 6) is -3.61. The maximum absolute atomic E-state index is 14.0. The average molecular weight is 678 g/mol. The van der Waals surface area contributed by atoms with E-state index in [1.165, 1.54) is 40.2 Å². The van der Waals surface area contributed by atoms with Crippen molar-refractivity contribution in [3.63, 3.8) is 0 Å². The Morgan fingerprint density at radius 1 is 0.848 bits per heavy atom. The number of fused-ring (bicyclic) bond motifs is 2. The van der Waals surface area contributed by atoms with Crippen molar-refractivity contribution >= 4 is 75.5 Å². The van der Waals surface area contributed by atoms with Gasteiger partial charge in [-0.25, -0.2) is 14.5 Å². The standard InChI is InChI=1S/C32H27N3O8S3/c1-3-42-30(39)17-7-11-19(12-8-17)33-22(36)16-34-29-26(46-32(34)41)23(21-6-5-15-44-21)24-25(45-29)28(38)35(27(24)37)20-13-9-18(10-14-20)31(40)43-4-2/h5-15,23-25H,3-4,16H2,1-2H3,(H,33,36). The monoisotopic (exact) mass is 677 g/mol. The SMILES string of the molecule is CCOC(=O)c1ccc(NC(=O)Cn2c3c(sc2=O)C(c2cccs2)C2C(=O)N(c4ccc(C(=O)OCC)cc4)C(=O)C2S3)cc1. The molecule has 0 bridgehead atoms. The van der Waals surface area contributed by atoms with Gasteiger partial charge in [0.1, 0.15) is 11.8 Å². The summed E-state index contributed by atoms with van der Waals surface area (Å²) in [7, 11) is 0. The van der Waals surface area contributed by atoms with Crippen LogP contribution in [0.25, 0.3) is 0 Å². The summed E-state index contributed by atoms with van der Waals surface area (Å²) in [4.78, 5) is 80.6. The first kappa shape index (κ1) is 31.5. The average Bonchev–Trinajstić information content (AvgIpc) is 3.75. The van der Waals surface area contributed by atoms with Gasteiger partial charge in [0.05, 0.1) is 41.0 Å². The number of thiophene rings is 1. The van der Waals surface area contributed by atoms with Crippen LogP contribution < -0.4 is 15.1 Å². The van der Waals surface area contributed by atoms with Crippen LogP contribution in [0.1, 0.15) is 50.2 Å². The molecule has 4 heterocycles. The highest BCUT2D eigenvalue weighted by Crippen LogP contribution is 2.54. The minimum Gasteiger partial charge on any atom is -0.462 e. The summed E-state index contributed by atoms with van der Waals surface area (Å²) in [6.07, 6.45) is 0. The Kier molecular flexibility index (Phi) is 8.93. The number of rotatable bonds is 9. The van der Waals surface area contributed by atoms with E-state index in [0.717, 1.165) is 32.9 Å². The predicted molar refractivity (Wildman–Crippen MR) is 174 cm³/mol. The highest BCUT2D eigenvalue weighted by Gasteiger charge is 2.57. The zero-order valence-corrected chi connectivity index (χ0v) is 27.0. The minimum atomic E-state index is -0.837. The van der Waals surface area contributed by atoms with Crippen LogP contribution in [-0.2, 0) is 30.4 Å². The Balaban J connectivity index is 1.28. The Labute approximate surface area is 275 Å². The van der Waals surface area contributed by atoms with Gasteiger partial charge in [0.2, 0.25) is 17.7 Å². The Morgan fingerprint density at radius 2 is 1.48 bits per heavy atom. The van der Waals surface area contributed by atoms with Crippen molar-refractivity contribution in [1.82, 2.24) is 4.57 Å². The van der Waals surface area contributed by atoms with Gasteiger partial charge in [-0.15, -0.1) is 11.3 Å². The summed E-state index contributed by atoms with van der Waals surface area (Å²) in [5.41, 5.74) is 1.40. The molecule has 1 fully saturated rings. The van der Waals surface area contributed by atoms with Crippen molar-refractivity contribution in [2.24, 2.45) is 5.92 Å². The van der Waals surface area contributed by atoms with Crippen molar-refractivity contribution in [3.8, 4) is 0 Å². The molecule has 2 aliphatic heterocycles. The lowest BCUT2D eigenvalue weighted by Gasteiger charge is -2.29. The smallest absolute Gasteiger partial charge is 0.338 e. The van der Waals surface area contributed by atoms with Crippen LogP contribution in [0.5, 0.6) is 0 Å². The van der Waals surface area contributed by atoms with E-state index in [0.29, 0.717) is 32.4 Å². The molecule has 2 aromatic heterocycles. The molecule has 4 aromatic rings. The molecular formula is C32H27N3O8S3. The maximum Gasteiger partial charge on any atom is 0.338 e. The van der Waals surface area contributed by atoms with E-state index in [1.807, 2.05) is 17.5 Å². The molecule has 0 spiro atoms. The van der Waals surface area contributed by atoms with Gasteiger partial charge in [0.25, 0.3) is 0 Å². The van der Waals surface area contributed by atoms with Gasteiger partial charge in [-0.1, -0.05) is 29.2 Å². The molecule has 236 valence electrons. The topological polar surface area (TPSA) is 141 Å². The lowest BCUT2D eigenvalue weighted by molar-refractivity contribution is -0.122. The number of imide groups is 1. The van der Waals surface area contributed by atoms with Gasteiger partial charge in [0.15, 0.2) is 0 Å². The van der Waals surface area contributed by atoms with Crippen molar-refractivity contribution in [2.45, 2.75) is 36.6 Å². The fourth-order valence-corrected chi connectivity index (χ4v) is 9.21. The minimum absolute atomic E-state index is 0.218. The highest BCUT2D eigenvalue weighted by molar-refractivity contribution is 8.00. The van der Waals surface area contributed by atoms with Crippen molar-refractivity contribution in [2.75, 3.05) is 23.4 Å². The third-order valence-corrected chi connectivity index (χ3v) is 11.1. The number of amides is 3. The van der Waals surface area contributed by atoms with Crippen molar-refractivity contribution in [1.29, 1.82) is 0 Å². The molecule has 0 aliphatic carbocycles. The Bertz CT molecular complexity index is 1880. The summed E-state index contributed by atoms with van der Waals surface area (Å²) in [5, 5.41) is 4.26. The van der Waals surface area contributed by atoms with Crippen LogP contribution in [0, 0.1) is 5.92 Å². The van der Waals surface area contributed by atoms with Crippen molar-refractivity contribution < 1.29 is 33.4 Å². The third kappa shape index (κ3) is 5.79. The number of benzene rings is 2. The second kappa shape index (κ2) is 13.1. The number of anilines is 2. The summed E-state index contributed by atoms with van der Waals surface area (Å²) in [6.45, 7) is 3.56. The molecule has 0 saturated carbocycles. The van der Waals surface area contributed by atoms with Gasteiger partial charge in [0, 0.05) is 21.4 Å². The number of carbonyl (C=O) groups excluding carboxylic acids is 5. The molecule has 11 nitrogen and oxygen atoms in total. The molecule has 2 aliphatic rings. The van der Waals surface area contributed by atoms with Gasteiger partial charge in [-0.3, -0.25) is 23.7 Å². The van der Waals surface area contributed by atoms with E-state index in [2.05, 4.69) is 5.32 Å². The lowest BCUT2D eigenvalue weighted by Crippen LogP contribution is -2.32. The number of hydrogen-bond acceptors (Lipinski definition) is 11. The number of carbonyl (C=O) groups is 5. The molecule has 3 amide bonds. The van der Waals surface area contributed by atoms with Crippen LogP contribution in [-0.4, -0.2) is 52.7 Å². The third-order valence-electron chi connectivity index (χ3n) is 7.52. The normalized spacial score (nSPS) is 18.6. The number of esters is 2. The Hall–Kier alpha value is -4.53. The first-order valence-electron chi connectivity index (χ1n) is 14.4. The fraction of sp³-hybridized carbons (Fsp3) is 0.250. The number of aromatic nitrogens is 1. The highest BCUT2D eigenvalue weighted by atomic mass is 32.2. The molecule has 1 saturated heterocycles. The van der Waals surface area contributed by atoms with Crippen LogP contribution >= 0.6 is 34.4 Å². The van der Waals surface area contributed by atoms with Gasteiger partial charge >= 0.3 is 16.8 Å². The van der Waals surface area contributed by atoms with Gasteiger partial charge < -0.3 is 14.8 Å². The summed E-state index contributed by atoms with van der Waals surface area (Å²) >= 11 is 3.52. The summed E-state index contributed by atoms with van der Waals surface area (Å²) in [6, 6.07) is 16.0. The second-order valence-corrected chi connectivity index (χ2v) is 13.4. The van der Waals surface area contributed by atoms with Crippen LogP contribution in [0.3, 0.4) is 0 Å². The number of hydrogen-bond donors (Lipinski definition) is 1. The molecular weight excluding hydrogens is 651 g/mol. The van der Waals surface area contributed by atoms with Gasteiger partial charge in [-0.05, 0) is 73.8 Å². The zero-order valence-electron chi connectivity index (χ0n) is 24.6. The molecule has 14 heteroatoms. The molecule has 46 heavy (non-hydrogen) atoms. The quantitative estimate of drug-likeness (QED) is 0.196. The molecule has 3 unspecified atom stereocenters. The predicted octanol–water partition coefficient (Wildman–Crippen LogP) is 4.76. The summed E-state index contributed by atoms with van der Waals surface area (Å²) < 4.78 is 11.4. The van der Waals surface area contributed by atoms with E-state index in [1.54, 1.807) is 38.1 Å². The van der Waals surface area contributed by atoms with Crippen LogP contribution in [0.2, 0.25) is 0 Å². The molecule has 1 N–H and O–H groups in total. The number of thiazole rings is 1.